The minimum absolute atomic E-state index is 0.0437. The lowest BCUT2D eigenvalue weighted by Gasteiger charge is -2.23. The summed E-state index contributed by atoms with van der Waals surface area (Å²) in [5, 5.41) is 0. The van der Waals surface area contributed by atoms with E-state index in [1.807, 2.05) is 6.92 Å². The van der Waals surface area contributed by atoms with Crippen LogP contribution in [0.15, 0.2) is 73.4 Å². The highest BCUT2D eigenvalue weighted by atomic mass is 32.2. The summed E-state index contributed by atoms with van der Waals surface area (Å²) in [4.78, 5) is 25.3. The summed E-state index contributed by atoms with van der Waals surface area (Å²) >= 11 is -2.67. The number of carbonyl (C=O) groups excluding carboxylic acids is 1. The van der Waals surface area contributed by atoms with Gasteiger partial charge in [0.1, 0.15) is 11.6 Å². The van der Waals surface area contributed by atoms with Crippen LogP contribution in [0.25, 0.3) is 17.0 Å². The number of allylic oxidation sites excluding steroid dienone is 1. The first kappa shape index (κ1) is 30.9. The molecule has 2 aromatic heterocycles. The number of carbonyl (C=O) groups is 1. The number of ether oxygens (including phenoxy) is 5. The van der Waals surface area contributed by atoms with Gasteiger partial charge >= 0.3 is 5.97 Å². The van der Waals surface area contributed by atoms with Crippen molar-refractivity contribution >= 4 is 34.4 Å². The zero-order valence-electron chi connectivity index (χ0n) is 24.0. The third-order valence-corrected chi connectivity index (χ3v) is 6.51. The molecular weight excluding hydrogens is 576 g/mol. The molecule has 4 rings (SSSR count). The Balaban J connectivity index is 1.88. The first-order chi connectivity index (χ1) is 20.7. The van der Waals surface area contributed by atoms with Crippen LogP contribution in [0.2, 0.25) is 0 Å². The zero-order valence-corrected chi connectivity index (χ0v) is 24.8. The predicted octanol–water partition coefficient (Wildman–Crippen LogP) is 5.60. The van der Waals surface area contributed by atoms with Crippen LogP contribution in [0.4, 0.5) is 11.6 Å². The van der Waals surface area contributed by atoms with Gasteiger partial charge in [-0.15, -0.1) is 0 Å². The van der Waals surface area contributed by atoms with Gasteiger partial charge in [0.25, 0.3) is 17.1 Å². The van der Waals surface area contributed by atoms with Gasteiger partial charge in [-0.05, 0) is 61.4 Å². The molecule has 2 heterocycles. The topological polar surface area (TPSA) is 142 Å². The van der Waals surface area contributed by atoms with E-state index >= 15 is 0 Å². The van der Waals surface area contributed by atoms with Gasteiger partial charge in [-0.25, -0.2) is 19.0 Å². The molecule has 13 heteroatoms. The molecule has 12 nitrogen and oxygen atoms in total. The molecule has 0 saturated heterocycles. The minimum atomic E-state index is -2.67. The summed E-state index contributed by atoms with van der Waals surface area (Å²) in [5.41, 5.74) is 1.98. The molecule has 4 aromatic rings. The van der Waals surface area contributed by atoms with E-state index < -0.39 is 17.2 Å². The number of nitrogens with zero attached hydrogens (tertiary/aromatic N) is 4. The maximum Gasteiger partial charge on any atom is 0.344 e. The monoisotopic (exact) mass is 606 g/mol. The van der Waals surface area contributed by atoms with E-state index in [9.17, 15) is 13.6 Å². The van der Waals surface area contributed by atoms with E-state index in [2.05, 4.69) is 21.5 Å². The van der Waals surface area contributed by atoms with Crippen LogP contribution < -0.4 is 23.3 Å². The average Bonchev–Trinajstić information content (AvgIpc) is 3.01. The third-order valence-electron chi connectivity index (χ3n) is 5.84. The second-order valence-electron chi connectivity index (χ2n) is 8.79. The maximum atomic E-state index is 12.9. The molecule has 0 amide bonds. The Bertz CT molecular complexity index is 1630. The largest absolute Gasteiger partial charge is 0.493 e. The van der Waals surface area contributed by atoms with Gasteiger partial charge in [0.2, 0.25) is 5.75 Å². The number of methoxy groups -OCH3 is 2. The van der Waals surface area contributed by atoms with E-state index in [-0.39, 0.29) is 48.1 Å². The molecule has 1 N–H and O–H groups in total. The summed E-state index contributed by atoms with van der Waals surface area (Å²) in [6, 6.07) is 16.8. The van der Waals surface area contributed by atoms with E-state index in [1.165, 1.54) is 20.4 Å². The van der Waals surface area contributed by atoms with E-state index in [1.54, 1.807) is 67.6 Å². The summed E-state index contributed by atoms with van der Waals surface area (Å²) in [5.74, 6) is 0.471. The fraction of sp³-hybridized carbons (Fsp3) is 0.200. The summed E-state index contributed by atoms with van der Waals surface area (Å²) in [7, 11) is 2.86. The fourth-order valence-corrected chi connectivity index (χ4v) is 4.36. The van der Waals surface area contributed by atoms with Crippen molar-refractivity contribution < 1.29 is 37.2 Å². The molecule has 1 atom stereocenters. The first-order valence-corrected chi connectivity index (χ1v) is 14.0. The normalized spacial score (nSPS) is 11.3. The fourth-order valence-electron chi connectivity index (χ4n) is 3.82. The van der Waals surface area contributed by atoms with Crippen LogP contribution in [0.5, 0.6) is 28.9 Å². The molecule has 2 aromatic carbocycles. The van der Waals surface area contributed by atoms with Crippen LogP contribution in [0.1, 0.15) is 19.4 Å². The van der Waals surface area contributed by atoms with Crippen molar-refractivity contribution in [2.75, 3.05) is 31.7 Å². The van der Waals surface area contributed by atoms with E-state index in [0.717, 1.165) is 15.4 Å². The number of aromatic nitrogens is 3. The first-order valence-electron chi connectivity index (χ1n) is 12.9. The number of esters is 1. The number of anilines is 2. The SMILES string of the molecule is C=C(C)c1ccc(N(c2nc(-c3cccc(OCC(=O)OCC)c3)nc(OC)c2Oc2ccccc2OC)S(=O)O)nc1. The van der Waals surface area contributed by atoms with Crippen LogP contribution in [-0.4, -0.2) is 57.1 Å². The smallest absolute Gasteiger partial charge is 0.344 e. The van der Waals surface area contributed by atoms with Crippen molar-refractivity contribution in [3.63, 3.8) is 0 Å². The molecule has 0 saturated carbocycles. The summed E-state index contributed by atoms with van der Waals surface area (Å²) in [6.45, 7) is 7.38. The Labute approximate surface area is 251 Å². The highest BCUT2D eigenvalue weighted by Crippen LogP contribution is 2.44. The summed E-state index contributed by atoms with van der Waals surface area (Å²) in [6.07, 6.45) is 1.53. The number of hydrogen-bond acceptors (Lipinski definition) is 10. The third kappa shape index (κ3) is 7.45. The Hall–Kier alpha value is -5.01. The standard InChI is InChI=1S/C30H30N4O8S/c1-6-40-26(35)18-41-22-11-9-10-20(16-22)28-32-29(34(43(36)37)25-15-14-21(17-31-25)19(2)3)27(30(33-28)39-5)42-24-13-8-7-12-23(24)38-4/h7-17H,2,6,18H2,1,3-5H3,(H,36,37). The number of benzene rings is 2. The van der Waals surface area contributed by atoms with Gasteiger partial charge < -0.3 is 23.7 Å². The van der Waals surface area contributed by atoms with Crippen LogP contribution in [0, 0.1) is 0 Å². The minimum Gasteiger partial charge on any atom is -0.493 e. The van der Waals surface area contributed by atoms with Crippen molar-refractivity contribution in [1.82, 2.24) is 15.0 Å². The second kappa shape index (κ2) is 14.2. The molecule has 43 heavy (non-hydrogen) atoms. The Morgan fingerprint density at radius 3 is 2.42 bits per heavy atom. The Morgan fingerprint density at radius 2 is 1.79 bits per heavy atom. The second-order valence-corrected chi connectivity index (χ2v) is 9.62. The molecule has 1 unspecified atom stereocenters. The van der Waals surface area contributed by atoms with E-state index in [4.69, 9.17) is 23.7 Å². The lowest BCUT2D eigenvalue weighted by Crippen LogP contribution is -2.23. The zero-order chi connectivity index (χ0) is 30.9. The molecule has 0 bridgehead atoms. The van der Waals surface area contributed by atoms with Crippen LogP contribution in [-0.2, 0) is 20.8 Å². The Kier molecular flexibility index (Phi) is 10.3. The van der Waals surface area contributed by atoms with Gasteiger partial charge in [-0.2, -0.15) is 9.29 Å². The van der Waals surface area contributed by atoms with Gasteiger partial charge in [-0.3, -0.25) is 4.55 Å². The molecule has 0 fully saturated rings. The predicted molar refractivity (Wildman–Crippen MR) is 161 cm³/mol. The molecule has 0 aliphatic rings. The maximum absolute atomic E-state index is 12.9. The molecule has 0 spiro atoms. The number of pyridine rings is 1. The van der Waals surface area contributed by atoms with Crippen molar-refractivity contribution in [3.8, 4) is 40.3 Å². The Morgan fingerprint density at radius 1 is 1.02 bits per heavy atom. The lowest BCUT2D eigenvalue weighted by molar-refractivity contribution is -0.145. The molecular formula is C30H30N4O8S. The number of rotatable bonds is 13. The van der Waals surface area contributed by atoms with Gasteiger partial charge in [0.15, 0.2) is 29.7 Å². The van der Waals surface area contributed by atoms with Crippen molar-refractivity contribution in [3.05, 3.63) is 79.0 Å². The van der Waals surface area contributed by atoms with Crippen molar-refractivity contribution in [2.24, 2.45) is 0 Å². The molecule has 0 aliphatic heterocycles. The van der Waals surface area contributed by atoms with Crippen molar-refractivity contribution in [1.29, 1.82) is 0 Å². The lowest BCUT2D eigenvalue weighted by atomic mass is 10.1. The quantitative estimate of drug-likeness (QED) is 0.150. The van der Waals surface area contributed by atoms with Crippen LogP contribution >= 0.6 is 0 Å². The molecule has 0 radical (unpaired) electrons. The van der Waals surface area contributed by atoms with Crippen LogP contribution in [0.3, 0.4) is 0 Å². The average molecular weight is 607 g/mol. The van der Waals surface area contributed by atoms with Gasteiger partial charge in [0.05, 0.1) is 20.8 Å². The van der Waals surface area contributed by atoms with E-state index in [0.29, 0.717) is 17.1 Å². The number of para-hydroxylation sites is 2. The molecule has 0 aliphatic carbocycles. The highest BCUT2D eigenvalue weighted by Gasteiger charge is 2.29. The van der Waals surface area contributed by atoms with Gasteiger partial charge in [0, 0.05) is 11.8 Å². The molecule has 224 valence electrons. The number of hydrogen-bond donors (Lipinski definition) is 1. The highest BCUT2D eigenvalue weighted by molar-refractivity contribution is 7.81. The van der Waals surface area contributed by atoms with Gasteiger partial charge in [-0.1, -0.05) is 30.8 Å². The summed E-state index contributed by atoms with van der Waals surface area (Å²) < 4.78 is 52.1. The van der Waals surface area contributed by atoms with Crippen molar-refractivity contribution in [2.45, 2.75) is 13.8 Å².